The quantitative estimate of drug-likeness (QED) is 0.200. The second-order valence-electron chi connectivity index (χ2n) is 6.15. The zero-order chi connectivity index (χ0) is 17.5. The molecule has 1 fully saturated rings. The highest BCUT2D eigenvalue weighted by atomic mass is 127. The maximum atomic E-state index is 11.7. The number of amides is 1. The molecule has 1 aliphatic carbocycles. The molecule has 1 saturated carbocycles. The Hall–Kier alpha value is -0.670. The maximum Gasteiger partial charge on any atom is 0.243 e. The number of hydrogen-bond donors (Lipinski definition) is 2. The van der Waals surface area contributed by atoms with E-state index in [1.807, 2.05) is 24.3 Å². The van der Waals surface area contributed by atoms with Crippen LogP contribution in [0.3, 0.4) is 0 Å². The Morgan fingerprint density at radius 2 is 2.00 bits per heavy atom. The van der Waals surface area contributed by atoms with Crippen molar-refractivity contribution in [2.45, 2.75) is 24.3 Å². The van der Waals surface area contributed by atoms with Crippen molar-refractivity contribution >= 4 is 59.2 Å². The minimum Gasteiger partial charge on any atom is -0.356 e. The molecular weight excluding hydrogens is 471 g/mol. The van der Waals surface area contributed by atoms with Crippen LogP contribution in [-0.4, -0.2) is 55.7 Å². The number of guanidine groups is 1. The van der Waals surface area contributed by atoms with E-state index in [1.165, 1.54) is 4.90 Å². The van der Waals surface area contributed by atoms with Gasteiger partial charge in [0.05, 0.1) is 0 Å². The van der Waals surface area contributed by atoms with Gasteiger partial charge in [0.1, 0.15) is 6.54 Å². The summed E-state index contributed by atoms with van der Waals surface area (Å²) in [5, 5.41) is 7.44. The van der Waals surface area contributed by atoms with E-state index in [4.69, 9.17) is 11.6 Å². The monoisotopic (exact) mass is 496 g/mol. The van der Waals surface area contributed by atoms with Crippen molar-refractivity contribution in [1.82, 2.24) is 15.5 Å². The van der Waals surface area contributed by atoms with Gasteiger partial charge in [0.25, 0.3) is 0 Å². The second kappa shape index (κ2) is 11.1. The Labute approximate surface area is 176 Å². The first-order valence-electron chi connectivity index (χ1n) is 8.09. The number of halogens is 2. The SMILES string of the molecule is CC1CC1NC(=NCC(=O)N(C)C)NCCSc1ccc(Cl)cc1.I. The van der Waals surface area contributed by atoms with Gasteiger partial charge in [-0.05, 0) is 36.6 Å². The summed E-state index contributed by atoms with van der Waals surface area (Å²) in [5.74, 6) is 2.29. The molecule has 2 rings (SSSR count). The highest BCUT2D eigenvalue weighted by molar-refractivity contribution is 14.0. The summed E-state index contributed by atoms with van der Waals surface area (Å²) in [6.07, 6.45) is 1.15. The van der Waals surface area contributed by atoms with E-state index in [2.05, 4.69) is 22.5 Å². The second-order valence-corrected chi connectivity index (χ2v) is 7.75. The standard InChI is InChI=1S/C17H25ClN4OS.HI/c1-12-10-15(12)21-17(20-11-16(23)22(2)3)19-8-9-24-14-6-4-13(18)5-7-14;/h4-7,12,15H,8-11H2,1-3H3,(H2,19,20,21);1H. The van der Waals surface area contributed by atoms with Crippen LogP contribution < -0.4 is 10.6 Å². The van der Waals surface area contributed by atoms with Crippen molar-refractivity contribution in [1.29, 1.82) is 0 Å². The number of hydrogen-bond acceptors (Lipinski definition) is 3. The number of carbonyl (C=O) groups is 1. The lowest BCUT2D eigenvalue weighted by Gasteiger charge is -2.13. The Morgan fingerprint density at radius 1 is 1.36 bits per heavy atom. The van der Waals surface area contributed by atoms with E-state index in [0.29, 0.717) is 12.0 Å². The lowest BCUT2D eigenvalue weighted by atomic mass is 10.4. The highest BCUT2D eigenvalue weighted by Gasteiger charge is 2.33. The van der Waals surface area contributed by atoms with Crippen LogP contribution in [-0.2, 0) is 4.79 Å². The van der Waals surface area contributed by atoms with Crippen LogP contribution in [0.4, 0.5) is 0 Å². The molecule has 140 valence electrons. The third-order valence-electron chi connectivity index (χ3n) is 3.78. The first-order valence-corrected chi connectivity index (χ1v) is 9.45. The topological polar surface area (TPSA) is 56.7 Å². The molecule has 0 spiro atoms. The molecule has 5 nitrogen and oxygen atoms in total. The number of thioether (sulfide) groups is 1. The third-order valence-corrected chi connectivity index (χ3v) is 5.05. The van der Waals surface area contributed by atoms with E-state index < -0.39 is 0 Å². The van der Waals surface area contributed by atoms with Gasteiger partial charge in [-0.3, -0.25) is 4.79 Å². The molecule has 2 N–H and O–H groups in total. The molecule has 8 heteroatoms. The lowest BCUT2D eigenvalue weighted by Crippen LogP contribution is -2.41. The molecule has 1 aliphatic rings. The Bertz CT molecular complexity index is 583. The minimum atomic E-state index is -0.00418. The Balaban J connectivity index is 0.00000312. The summed E-state index contributed by atoms with van der Waals surface area (Å²) >= 11 is 7.64. The molecule has 0 aliphatic heterocycles. The lowest BCUT2D eigenvalue weighted by molar-refractivity contribution is -0.127. The van der Waals surface area contributed by atoms with Crippen LogP contribution in [0.2, 0.25) is 5.02 Å². The summed E-state index contributed by atoms with van der Waals surface area (Å²) < 4.78 is 0. The Kier molecular flexibility index (Phi) is 9.96. The van der Waals surface area contributed by atoms with Crippen molar-refractivity contribution in [2.75, 3.05) is 32.9 Å². The molecule has 0 aromatic heterocycles. The highest BCUT2D eigenvalue weighted by Crippen LogP contribution is 2.28. The Morgan fingerprint density at radius 3 is 2.56 bits per heavy atom. The van der Waals surface area contributed by atoms with Crippen molar-refractivity contribution in [3.63, 3.8) is 0 Å². The van der Waals surface area contributed by atoms with Gasteiger partial charge in [-0.25, -0.2) is 4.99 Å². The van der Waals surface area contributed by atoms with Crippen LogP contribution in [0.1, 0.15) is 13.3 Å². The van der Waals surface area contributed by atoms with Crippen molar-refractivity contribution in [3.05, 3.63) is 29.3 Å². The van der Waals surface area contributed by atoms with Crippen LogP contribution in [0.5, 0.6) is 0 Å². The zero-order valence-electron chi connectivity index (χ0n) is 14.8. The van der Waals surface area contributed by atoms with Crippen LogP contribution in [0, 0.1) is 5.92 Å². The van der Waals surface area contributed by atoms with Crippen molar-refractivity contribution in [3.8, 4) is 0 Å². The largest absolute Gasteiger partial charge is 0.356 e. The van der Waals surface area contributed by atoms with Crippen molar-refractivity contribution < 1.29 is 4.79 Å². The summed E-state index contributed by atoms with van der Waals surface area (Å²) in [6, 6.07) is 8.29. The molecule has 25 heavy (non-hydrogen) atoms. The first kappa shape index (κ1) is 22.4. The number of nitrogens with zero attached hydrogens (tertiary/aromatic N) is 2. The molecule has 2 atom stereocenters. The number of aliphatic imine (C=N–C) groups is 1. The molecule has 0 bridgehead atoms. The van der Waals surface area contributed by atoms with E-state index in [-0.39, 0.29) is 36.4 Å². The number of benzene rings is 1. The van der Waals surface area contributed by atoms with E-state index in [1.54, 1.807) is 30.8 Å². The zero-order valence-corrected chi connectivity index (χ0v) is 18.7. The predicted octanol–water partition coefficient (Wildman–Crippen LogP) is 3.08. The summed E-state index contributed by atoms with van der Waals surface area (Å²) in [7, 11) is 3.48. The van der Waals surface area contributed by atoms with Crippen LogP contribution in [0.15, 0.2) is 34.2 Å². The fourth-order valence-corrected chi connectivity index (χ4v) is 2.90. The van der Waals surface area contributed by atoms with Gasteiger partial charge in [-0.1, -0.05) is 18.5 Å². The average molecular weight is 497 g/mol. The summed E-state index contributed by atoms with van der Waals surface area (Å²) in [5.41, 5.74) is 0. The minimum absolute atomic E-state index is 0. The summed E-state index contributed by atoms with van der Waals surface area (Å²) in [6.45, 7) is 3.14. The fraction of sp³-hybridized carbons (Fsp3) is 0.529. The molecule has 1 aromatic rings. The van der Waals surface area contributed by atoms with Crippen molar-refractivity contribution in [2.24, 2.45) is 10.9 Å². The molecule has 0 saturated heterocycles. The number of nitrogens with one attached hydrogen (secondary N) is 2. The summed E-state index contributed by atoms with van der Waals surface area (Å²) in [4.78, 5) is 18.8. The van der Waals surface area contributed by atoms with Gasteiger partial charge >= 0.3 is 0 Å². The van der Waals surface area contributed by atoms with E-state index in [0.717, 1.165) is 29.7 Å². The van der Waals surface area contributed by atoms with Gasteiger partial charge < -0.3 is 15.5 Å². The molecule has 1 aromatic carbocycles. The third kappa shape index (κ3) is 8.50. The smallest absolute Gasteiger partial charge is 0.243 e. The molecule has 0 radical (unpaired) electrons. The number of carbonyl (C=O) groups excluding carboxylic acids is 1. The normalized spacial score (nSPS) is 19.0. The molecule has 0 heterocycles. The predicted molar refractivity (Wildman–Crippen MR) is 117 cm³/mol. The van der Waals surface area contributed by atoms with E-state index in [9.17, 15) is 4.79 Å². The van der Waals surface area contributed by atoms with Gasteiger partial charge in [-0.15, -0.1) is 35.7 Å². The molecule has 1 amide bonds. The van der Waals surface area contributed by atoms with Crippen LogP contribution in [0.25, 0.3) is 0 Å². The van der Waals surface area contributed by atoms with Gasteiger partial charge in [0.15, 0.2) is 5.96 Å². The molecular formula is C17H26ClIN4OS. The van der Waals surface area contributed by atoms with Gasteiger partial charge in [-0.2, -0.15) is 0 Å². The van der Waals surface area contributed by atoms with E-state index >= 15 is 0 Å². The average Bonchev–Trinajstić information content (AvgIpc) is 3.25. The van der Waals surface area contributed by atoms with Gasteiger partial charge in [0, 0.05) is 42.4 Å². The first-order chi connectivity index (χ1) is 11.5. The number of rotatable bonds is 7. The number of likely N-dealkylation sites (N-methyl/N-ethyl adjacent to an activating group) is 1. The maximum absolute atomic E-state index is 11.7. The van der Waals surface area contributed by atoms with Crippen LogP contribution >= 0.6 is 47.3 Å². The van der Waals surface area contributed by atoms with Gasteiger partial charge in [0.2, 0.25) is 5.91 Å². The molecule has 2 unspecified atom stereocenters. The fourth-order valence-electron chi connectivity index (χ4n) is 2.01.